The molecule has 0 saturated carbocycles. The number of hydrogen-bond donors (Lipinski definition) is 0. The maximum absolute atomic E-state index is 12.1. The van der Waals surface area contributed by atoms with E-state index in [9.17, 15) is 4.79 Å². The van der Waals surface area contributed by atoms with Crippen LogP contribution >= 0.6 is 0 Å². The second kappa shape index (κ2) is 9.27. The molecular weight excluding hydrogens is 384 g/mol. The minimum atomic E-state index is -0.695. The molecule has 2 aliphatic rings. The van der Waals surface area contributed by atoms with Gasteiger partial charge in [0.25, 0.3) is 0 Å². The summed E-state index contributed by atoms with van der Waals surface area (Å²) in [6.45, 7) is 4.55. The number of esters is 1. The van der Waals surface area contributed by atoms with Gasteiger partial charge in [-0.25, -0.2) is 4.79 Å². The van der Waals surface area contributed by atoms with Gasteiger partial charge in [-0.3, -0.25) is 0 Å². The zero-order valence-corrected chi connectivity index (χ0v) is 17.4. The fourth-order valence-electron chi connectivity index (χ4n) is 3.85. The van der Waals surface area contributed by atoms with E-state index >= 15 is 0 Å². The topological polar surface area (TPSA) is 63.2 Å². The van der Waals surface area contributed by atoms with Gasteiger partial charge in [0.15, 0.2) is 12.1 Å². The molecule has 0 unspecified atom stereocenters. The van der Waals surface area contributed by atoms with Gasteiger partial charge in [-0.2, -0.15) is 0 Å². The normalized spacial score (nSPS) is 27.0. The van der Waals surface area contributed by atoms with Crippen molar-refractivity contribution >= 4 is 5.97 Å². The van der Waals surface area contributed by atoms with E-state index in [1.54, 1.807) is 12.1 Å². The molecule has 2 fully saturated rings. The molecule has 0 spiro atoms. The Balaban J connectivity index is 1.31. The van der Waals surface area contributed by atoms with Crippen molar-refractivity contribution in [2.75, 3.05) is 6.61 Å². The zero-order valence-electron chi connectivity index (χ0n) is 17.4. The van der Waals surface area contributed by atoms with Gasteiger partial charge < -0.3 is 23.7 Å². The number of benzene rings is 2. The number of hydrogen-bond acceptors (Lipinski definition) is 6. The van der Waals surface area contributed by atoms with E-state index in [1.165, 1.54) is 0 Å². The second-order valence-electron chi connectivity index (χ2n) is 8.05. The minimum absolute atomic E-state index is 0.185. The van der Waals surface area contributed by atoms with E-state index in [2.05, 4.69) is 0 Å². The van der Waals surface area contributed by atoms with Crippen molar-refractivity contribution in [1.82, 2.24) is 0 Å². The first-order valence-electron chi connectivity index (χ1n) is 10.4. The van der Waals surface area contributed by atoms with Crippen LogP contribution in [0.2, 0.25) is 0 Å². The van der Waals surface area contributed by atoms with Crippen LogP contribution in [0.1, 0.15) is 42.6 Å². The van der Waals surface area contributed by atoms with E-state index in [0.29, 0.717) is 31.6 Å². The molecule has 6 nitrogen and oxygen atoms in total. The van der Waals surface area contributed by atoms with Crippen LogP contribution in [0.5, 0.6) is 0 Å². The highest BCUT2D eigenvalue weighted by atomic mass is 16.8. The van der Waals surface area contributed by atoms with E-state index in [1.807, 2.05) is 62.4 Å². The molecule has 0 aromatic heterocycles. The molecule has 0 aliphatic carbocycles. The Bertz CT molecular complexity index is 822. The average molecular weight is 412 g/mol. The Morgan fingerprint density at radius 3 is 2.43 bits per heavy atom. The number of carbonyl (C=O) groups is 1. The Morgan fingerprint density at radius 2 is 1.70 bits per heavy atom. The molecule has 6 heteroatoms. The van der Waals surface area contributed by atoms with Gasteiger partial charge in [-0.15, -0.1) is 0 Å². The number of fused-ring (bicyclic) bond motifs is 1. The van der Waals surface area contributed by atoms with Crippen LogP contribution in [-0.2, 0) is 30.3 Å². The first kappa shape index (κ1) is 21.0. The largest absolute Gasteiger partial charge is 0.462 e. The molecule has 160 valence electrons. The summed E-state index contributed by atoms with van der Waals surface area (Å²) in [6.07, 6.45) is 0.189. The molecule has 2 aromatic rings. The summed E-state index contributed by atoms with van der Waals surface area (Å²) >= 11 is 0. The van der Waals surface area contributed by atoms with Crippen LogP contribution in [0, 0.1) is 0 Å². The monoisotopic (exact) mass is 412 g/mol. The van der Waals surface area contributed by atoms with E-state index in [4.69, 9.17) is 23.7 Å². The third-order valence-electron chi connectivity index (χ3n) is 5.25. The highest BCUT2D eigenvalue weighted by molar-refractivity contribution is 5.89. The van der Waals surface area contributed by atoms with Crippen LogP contribution in [0.4, 0.5) is 0 Å². The van der Waals surface area contributed by atoms with Crippen molar-refractivity contribution < 1.29 is 28.5 Å². The predicted molar refractivity (Wildman–Crippen MR) is 110 cm³/mol. The smallest absolute Gasteiger partial charge is 0.338 e. The molecule has 2 aliphatic heterocycles. The maximum atomic E-state index is 12.1. The van der Waals surface area contributed by atoms with Gasteiger partial charge in [0, 0.05) is 0 Å². The molecule has 0 amide bonds. The van der Waals surface area contributed by atoms with Crippen molar-refractivity contribution in [3.63, 3.8) is 0 Å². The summed E-state index contributed by atoms with van der Waals surface area (Å²) in [5, 5.41) is 0. The van der Waals surface area contributed by atoms with Crippen LogP contribution in [0.25, 0.3) is 0 Å². The number of carbonyl (C=O) groups excluding carboxylic acids is 1. The average Bonchev–Trinajstić information content (AvgIpc) is 3.22. The van der Waals surface area contributed by atoms with Gasteiger partial charge >= 0.3 is 5.97 Å². The molecule has 2 heterocycles. The Labute approximate surface area is 177 Å². The number of ether oxygens (including phenoxy) is 5. The SMILES string of the molecule is CC1(C)O[C@H]2O[C@H](CCCOC(=O)c3ccccc3)[C@H](OCc3ccccc3)[C@H]2O1. The summed E-state index contributed by atoms with van der Waals surface area (Å²) in [4.78, 5) is 12.1. The standard InChI is InChI=1S/C24H28O6/c1-24(2)29-21-20(27-16-17-10-5-3-6-11-17)19(28-23(21)30-24)14-9-15-26-22(25)18-12-7-4-8-13-18/h3-8,10-13,19-21,23H,9,14-16H2,1-2H3/t19-,20+,21-,23-/m1/s1. The van der Waals surface area contributed by atoms with Crippen molar-refractivity contribution in [3.05, 3.63) is 71.8 Å². The molecule has 0 N–H and O–H groups in total. The second-order valence-corrected chi connectivity index (χ2v) is 8.05. The molecule has 2 saturated heterocycles. The Hall–Kier alpha value is -2.25. The third kappa shape index (κ3) is 5.08. The minimum Gasteiger partial charge on any atom is -0.462 e. The fourth-order valence-corrected chi connectivity index (χ4v) is 3.85. The highest BCUT2D eigenvalue weighted by Crippen LogP contribution is 2.40. The van der Waals surface area contributed by atoms with E-state index in [-0.39, 0.29) is 24.3 Å². The summed E-state index contributed by atoms with van der Waals surface area (Å²) in [6, 6.07) is 19.0. The lowest BCUT2D eigenvalue weighted by atomic mass is 10.1. The van der Waals surface area contributed by atoms with Gasteiger partial charge in [0.05, 0.1) is 24.9 Å². The maximum Gasteiger partial charge on any atom is 0.338 e. The van der Waals surface area contributed by atoms with E-state index < -0.39 is 12.1 Å². The first-order valence-corrected chi connectivity index (χ1v) is 10.4. The lowest BCUT2D eigenvalue weighted by molar-refractivity contribution is -0.220. The van der Waals surface area contributed by atoms with Crippen molar-refractivity contribution in [3.8, 4) is 0 Å². The third-order valence-corrected chi connectivity index (χ3v) is 5.25. The molecule has 4 atom stereocenters. The number of rotatable bonds is 8. The molecule has 0 bridgehead atoms. The van der Waals surface area contributed by atoms with Gasteiger partial charge in [-0.1, -0.05) is 48.5 Å². The zero-order chi connectivity index (χ0) is 21.0. The van der Waals surface area contributed by atoms with Crippen LogP contribution in [-0.4, -0.2) is 43.0 Å². The molecule has 2 aromatic carbocycles. The lowest BCUT2D eigenvalue weighted by Crippen LogP contribution is -2.37. The Morgan fingerprint density at radius 1 is 1.00 bits per heavy atom. The summed E-state index contributed by atoms with van der Waals surface area (Å²) in [5.41, 5.74) is 1.65. The van der Waals surface area contributed by atoms with Crippen molar-refractivity contribution in [2.24, 2.45) is 0 Å². The van der Waals surface area contributed by atoms with Gasteiger partial charge in [0.2, 0.25) is 0 Å². The summed E-state index contributed by atoms with van der Waals surface area (Å²) in [5.74, 6) is -1.01. The van der Waals surface area contributed by atoms with Crippen LogP contribution in [0.3, 0.4) is 0 Å². The first-order chi connectivity index (χ1) is 14.5. The van der Waals surface area contributed by atoms with E-state index in [0.717, 1.165) is 5.56 Å². The predicted octanol–water partition coefficient (Wildman–Crippen LogP) is 4.09. The lowest BCUT2D eigenvalue weighted by Gasteiger charge is -2.26. The quantitative estimate of drug-likeness (QED) is 0.481. The molecule has 4 rings (SSSR count). The van der Waals surface area contributed by atoms with Crippen molar-refractivity contribution in [1.29, 1.82) is 0 Å². The molecular formula is C24H28O6. The van der Waals surface area contributed by atoms with Crippen LogP contribution < -0.4 is 0 Å². The molecule has 30 heavy (non-hydrogen) atoms. The summed E-state index contributed by atoms with van der Waals surface area (Å²) in [7, 11) is 0. The Kier molecular flexibility index (Phi) is 6.49. The highest BCUT2D eigenvalue weighted by Gasteiger charge is 2.55. The fraction of sp³-hybridized carbons (Fsp3) is 0.458. The van der Waals surface area contributed by atoms with Gasteiger partial charge in [-0.05, 0) is 44.4 Å². The summed E-state index contributed by atoms with van der Waals surface area (Å²) < 4.78 is 29.6. The van der Waals surface area contributed by atoms with Gasteiger partial charge in [0.1, 0.15) is 12.2 Å². The van der Waals surface area contributed by atoms with Crippen LogP contribution in [0.15, 0.2) is 60.7 Å². The molecule has 0 radical (unpaired) electrons. The van der Waals surface area contributed by atoms with Crippen molar-refractivity contribution in [2.45, 2.75) is 63.7 Å².